The zero-order valence-corrected chi connectivity index (χ0v) is 15.0. The molecule has 0 bridgehead atoms. The van der Waals surface area contributed by atoms with Crippen LogP contribution in [-0.4, -0.2) is 23.9 Å². The molecule has 6 nitrogen and oxygen atoms in total. The van der Waals surface area contributed by atoms with E-state index < -0.39 is 5.91 Å². The second kappa shape index (κ2) is 8.14. The molecule has 6 heteroatoms. The van der Waals surface area contributed by atoms with Crippen molar-refractivity contribution in [3.8, 4) is 5.75 Å². The molecule has 0 saturated carbocycles. The summed E-state index contributed by atoms with van der Waals surface area (Å²) < 4.78 is 5.14. The van der Waals surface area contributed by atoms with Crippen LogP contribution in [0, 0.1) is 6.92 Å². The summed E-state index contributed by atoms with van der Waals surface area (Å²) in [5.74, 6) is -0.152. The number of benzene rings is 2. The van der Waals surface area contributed by atoms with Crippen LogP contribution >= 0.6 is 0 Å². The van der Waals surface area contributed by atoms with E-state index in [2.05, 4.69) is 15.6 Å². The molecule has 1 aromatic heterocycles. The average molecular weight is 361 g/mol. The van der Waals surface area contributed by atoms with Gasteiger partial charge < -0.3 is 15.4 Å². The smallest absolute Gasteiger partial charge is 0.274 e. The van der Waals surface area contributed by atoms with Crippen molar-refractivity contribution >= 4 is 23.2 Å². The molecule has 136 valence electrons. The number of hydrogen-bond donors (Lipinski definition) is 2. The molecule has 3 aromatic rings. The zero-order chi connectivity index (χ0) is 19.2. The molecule has 3 rings (SSSR count). The number of nitrogens with zero attached hydrogens (tertiary/aromatic N) is 1. The van der Waals surface area contributed by atoms with Gasteiger partial charge in [-0.05, 0) is 42.8 Å². The van der Waals surface area contributed by atoms with Gasteiger partial charge in [-0.2, -0.15) is 0 Å². The number of pyridine rings is 1. The highest BCUT2D eigenvalue weighted by Gasteiger charge is 2.13. The lowest BCUT2D eigenvalue weighted by Crippen LogP contribution is -2.18. The fraction of sp³-hybridized carbons (Fsp3) is 0.0952. The summed E-state index contributed by atoms with van der Waals surface area (Å²) in [5.41, 5.74) is 2.54. The summed E-state index contributed by atoms with van der Waals surface area (Å²) in [6, 6.07) is 19.2. The Morgan fingerprint density at radius 1 is 0.852 bits per heavy atom. The Bertz CT molecular complexity index is 986. The van der Waals surface area contributed by atoms with Gasteiger partial charge in [0.1, 0.15) is 17.1 Å². The van der Waals surface area contributed by atoms with E-state index in [1.807, 2.05) is 31.2 Å². The van der Waals surface area contributed by atoms with E-state index in [4.69, 9.17) is 4.74 Å². The first kappa shape index (κ1) is 18.1. The minimum absolute atomic E-state index is 0.148. The molecule has 0 unspecified atom stereocenters. The van der Waals surface area contributed by atoms with Crippen LogP contribution in [0.15, 0.2) is 66.7 Å². The number of amides is 2. The van der Waals surface area contributed by atoms with Crippen molar-refractivity contribution in [2.24, 2.45) is 0 Å². The molecule has 0 atom stereocenters. The summed E-state index contributed by atoms with van der Waals surface area (Å²) in [6.45, 7) is 1.90. The number of aryl methyl sites for hydroxylation is 1. The highest BCUT2D eigenvalue weighted by Crippen LogP contribution is 2.18. The Kier molecular flexibility index (Phi) is 5.47. The molecule has 0 aliphatic carbocycles. The number of ether oxygens (including phenoxy) is 1. The number of methoxy groups -OCH3 is 1. The minimum atomic E-state index is -0.409. The van der Waals surface area contributed by atoms with Gasteiger partial charge >= 0.3 is 0 Å². The summed E-state index contributed by atoms with van der Waals surface area (Å²) in [5, 5.41) is 5.55. The highest BCUT2D eigenvalue weighted by atomic mass is 16.5. The normalized spacial score (nSPS) is 10.1. The average Bonchev–Trinajstić information content (AvgIpc) is 2.70. The van der Waals surface area contributed by atoms with Gasteiger partial charge in [0.05, 0.1) is 7.11 Å². The van der Waals surface area contributed by atoms with Gasteiger partial charge in [0.25, 0.3) is 11.8 Å². The minimum Gasteiger partial charge on any atom is -0.497 e. The largest absolute Gasteiger partial charge is 0.497 e. The maximum atomic E-state index is 12.5. The van der Waals surface area contributed by atoms with Crippen LogP contribution in [0.4, 0.5) is 11.4 Å². The van der Waals surface area contributed by atoms with Gasteiger partial charge in [0.15, 0.2) is 0 Å². The van der Waals surface area contributed by atoms with E-state index in [9.17, 15) is 9.59 Å². The van der Waals surface area contributed by atoms with Crippen molar-refractivity contribution in [2.45, 2.75) is 6.92 Å². The summed E-state index contributed by atoms with van der Waals surface area (Å²) in [6.07, 6.45) is 0. The molecule has 0 radical (unpaired) electrons. The molecule has 2 aromatic carbocycles. The van der Waals surface area contributed by atoms with Gasteiger partial charge in [-0.3, -0.25) is 9.59 Å². The van der Waals surface area contributed by atoms with E-state index in [-0.39, 0.29) is 17.3 Å². The number of carbonyl (C=O) groups is 2. The maximum Gasteiger partial charge on any atom is 0.274 e. The fourth-order valence-corrected chi connectivity index (χ4v) is 2.48. The third-order valence-corrected chi connectivity index (χ3v) is 3.94. The monoisotopic (exact) mass is 361 g/mol. The second-order valence-electron chi connectivity index (χ2n) is 5.86. The lowest BCUT2D eigenvalue weighted by molar-refractivity contribution is 0.101. The Labute approximate surface area is 157 Å². The predicted molar refractivity (Wildman–Crippen MR) is 104 cm³/mol. The van der Waals surface area contributed by atoms with Gasteiger partial charge in [0.2, 0.25) is 0 Å². The topological polar surface area (TPSA) is 80.3 Å². The molecule has 0 saturated heterocycles. The number of carbonyl (C=O) groups excluding carboxylic acids is 2. The highest BCUT2D eigenvalue weighted by molar-refractivity contribution is 6.06. The molecule has 0 aliphatic heterocycles. The molecule has 0 fully saturated rings. The van der Waals surface area contributed by atoms with Crippen LogP contribution in [0.3, 0.4) is 0 Å². The number of nitrogens with one attached hydrogen (secondary N) is 2. The summed E-state index contributed by atoms with van der Waals surface area (Å²) >= 11 is 0. The third kappa shape index (κ3) is 4.49. The van der Waals surface area contributed by atoms with Crippen LogP contribution in [-0.2, 0) is 0 Å². The van der Waals surface area contributed by atoms with Crippen molar-refractivity contribution in [3.05, 3.63) is 83.7 Å². The van der Waals surface area contributed by atoms with Crippen LogP contribution in [0.2, 0.25) is 0 Å². The van der Waals surface area contributed by atoms with Gasteiger partial charge in [-0.25, -0.2) is 4.98 Å². The van der Waals surface area contributed by atoms with Crippen molar-refractivity contribution in [1.82, 2.24) is 4.98 Å². The second-order valence-corrected chi connectivity index (χ2v) is 5.86. The number of anilines is 2. The van der Waals surface area contributed by atoms with E-state index >= 15 is 0 Å². The first-order valence-corrected chi connectivity index (χ1v) is 8.36. The molecular weight excluding hydrogens is 342 g/mol. The molecule has 0 aliphatic rings. The van der Waals surface area contributed by atoms with Gasteiger partial charge in [-0.15, -0.1) is 0 Å². The maximum absolute atomic E-state index is 12.5. The first-order valence-electron chi connectivity index (χ1n) is 8.36. The number of aromatic nitrogens is 1. The molecular formula is C21H19N3O3. The van der Waals surface area contributed by atoms with E-state index in [0.717, 1.165) is 5.56 Å². The Morgan fingerprint density at radius 2 is 1.52 bits per heavy atom. The third-order valence-electron chi connectivity index (χ3n) is 3.94. The summed E-state index contributed by atoms with van der Waals surface area (Å²) in [7, 11) is 1.55. The fourth-order valence-electron chi connectivity index (χ4n) is 2.48. The lowest BCUT2D eigenvalue weighted by Gasteiger charge is -2.09. The standard InChI is InChI=1S/C21H19N3O3/c1-14-7-3-4-10-17(14)24-21(26)19-12-6-11-18(23-19)20(25)22-15-8-5-9-16(13-15)27-2/h3-13H,1-2H3,(H,22,25)(H,24,26). The van der Waals surface area contributed by atoms with Gasteiger partial charge in [0, 0.05) is 17.4 Å². The molecule has 2 amide bonds. The van der Waals surface area contributed by atoms with Crippen LogP contribution in [0.1, 0.15) is 26.5 Å². The van der Waals surface area contributed by atoms with Crippen LogP contribution in [0.25, 0.3) is 0 Å². The number of para-hydroxylation sites is 1. The van der Waals surface area contributed by atoms with Crippen molar-refractivity contribution in [1.29, 1.82) is 0 Å². The quantitative estimate of drug-likeness (QED) is 0.722. The van der Waals surface area contributed by atoms with Crippen LogP contribution < -0.4 is 15.4 Å². The van der Waals surface area contributed by atoms with E-state index in [1.165, 1.54) is 0 Å². The molecule has 27 heavy (non-hydrogen) atoms. The van der Waals surface area contributed by atoms with Crippen molar-refractivity contribution in [2.75, 3.05) is 17.7 Å². The zero-order valence-electron chi connectivity index (χ0n) is 15.0. The SMILES string of the molecule is COc1cccc(NC(=O)c2cccc(C(=O)Nc3ccccc3C)n2)c1. The number of hydrogen-bond acceptors (Lipinski definition) is 4. The predicted octanol–water partition coefficient (Wildman–Crippen LogP) is 3.90. The van der Waals surface area contributed by atoms with Crippen LogP contribution in [0.5, 0.6) is 5.75 Å². The Hall–Kier alpha value is -3.67. The molecule has 1 heterocycles. The van der Waals surface area contributed by atoms with E-state index in [1.54, 1.807) is 49.6 Å². The first-order chi connectivity index (χ1) is 13.1. The van der Waals surface area contributed by atoms with E-state index in [0.29, 0.717) is 17.1 Å². The van der Waals surface area contributed by atoms with Gasteiger partial charge in [-0.1, -0.05) is 30.3 Å². The van der Waals surface area contributed by atoms with Crippen molar-refractivity contribution < 1.29 is 14.3 Å². The Balaban J connectivity index is 1.75. The molecule has 2 N–H and O–H groups in total. The number of rotatable bonds is 5. The van der Waals surface area contributed by atoms with Crippen molar-refractivity contribution in [3.63, 3.8) is 0 Å². The Morgan fingerprint density at radius 3 is 2.22 bits per heavy atom. The lowest BCUT2D eigenvalue weighted by atomic mass is 10.2. The molecule has 0 spiro atoms. The summed E-state index contributed by atoms with van der Waals surface area (Å²) in [4.78, 5) is 29.1.